The molecule has 3 rings (SSSR count). The van der Waals surface area contributed by atoms with Crippen LogP contribution in [0.15, 0.2) is 36.5 Å². The fourth-order valence-electron chi connectivity index (χ4n) is 3.95. The first kappa shape index (κ1) is 22.5. The molecule has 2 aromatic rings. The van der Waals surface area contributed by atoms with Gasteiger partial charge in [-0.15, -0.1) is 0 Å². The van der Waals surface area contributed by atoms with E-state index in [0.29, 0.717) is 17.2 Å². The topological polar surface area (TPSA) is 104 Å². The van der Waals surface area contributed by atoms with Crippen LogP contribution in [0.2, 0.25) is 0 Å². The highest BCUT2D eigenvalue weighted by atomic mass is 31.2. The molecule has 1 fully saturated rings. The number of hydrogen-bond acceptors (Lipinski definition) is 3. The molecule has 1 aliphatic rings. The molecule has 1 aromatic carbocycles. The van der Waals surface area contributed by atoms with Gasteiger partial charge < -0.3 is 15.1 Å². The zero-order valence-corrected chi connectivity index (χ0v) is 18.6. The Morgan fingerprint density at radius 3 is 2.43 bits per heavy atom. The average molecular weight is 431 g/mol. The van der Waals surface area contributed by atoms with Crippen LogP contribution in [0.25, 0.3) is 6.08 Å². The van der Waals surface area contributed by atoms with E-state index in [2.05, 4.69) is 10.4 Å². The van der Waals surface area contributed by atoms with Crippen molar-refractivity contribution in [3.8, 4) is 0 Å². The Balaban J connectivity index is 1.68. The van der Waals surface area contributed by atoms with E-state index in [-0.39, 0.29) is 5.91 Å². The van der Waals surface area contributed by atoms with Crippen molar-refractivity contribution >= 4 is 25.3 Å². The van der Waals surface area contributed by atoms with Crippen LogP contribution in [0.5, 0.6) is 0 Å². The number of hydrogen-bond donors (Lipinski definition) is 3. The summed E-state index contributed by atoms with van der Waals surface area (Å²) < 4.78 is 13.6. The molecule has 30 heavy (non-hydrogen) atoms. The molecule has 162 valence electrons. The SMILES string of the molecule is Cn1ncc(C=CC(=O)Nc2ccc(C(C)(C)P(=O)(O)O)cc2)c1C1CCCCC1. The molecule has 0 bridgehead atoms. The molecule has 1 aliphatic carbocycles. The number of aromatic nitrogens is 2. The van der Waals surface area contributed by atoms with Crippen LogP contribution >= 0.6 is 7.60 Å². The van der Waals surface area contributed by atoms with E-state index in [1.807, 2.05) is 11.7 Å². The number of carbonyl (C=O) groups excluding carboxylic acids is 1. The van der Waals surface area contributed by atoms with Crippen molar-refractivity contribution in [1.82, 2.24) is 9.78 Å². The molecule has 1 heterocycles. The smallest absolute Gasteiger partial charge is 0.324 e. The highest BCUT2D eigenvalue weighted by molar-refractivity contribution is 7.53. The fraction of sp³-hybridized carbons (Fsp3) is 0.455. The Bertz CT molecular complexity index is 967. The summed E-state index contributed by atoms with van der Waals surface area (Å²) in [5.74, 6) is 0.217. The molecule has 8 heteroatoms. The molecule has 0 atom stereocenters. The molecule has 0 aliphatic heterocycles. The second-order valence-corrected chi connectivity index (χ2v) is 10.7. The number of anilines is 1. The van der Waals surface area contributed by atoms with E-state index in [0.717, 1.165) is 18.4 Å². The number of aryl methyl sites for hydroxylation is 1. The van der Waals surface area contributed by atoms with Crippen molar-refractivity contribution in [3.05, 3.63) is 53.4 Å². The van der Waals surface area contributed by atoms with E-state index < -0.39 is 12.8 Å². The lowest BCUT2D eigenvalue weighted by Gasteiger charge is -2.26. The van der Waals surface area contributed by atoms with Gasteiger partial charge in [-0.3, -0.25) is 14.0 Å². The zero-order chi connectivity index (χ0) is 21.9. The van der Waals surface area contributed by atoms with Crippen molar-refractivity contribution in [2.75, 3.05) is 5.32 Å². The average Bonchev–Trinajstić information content (AvgIpc) is 3.07. The number of amides is 1. The summed E-state index contributed by atoms with van der Waals surface area (Å²) >= 11 is 0. The predicted octanol–water partition coefficient (Wildman–Crippen LogP) is 4.53. The van der Waals surface area contributed by atoms with Crippen molar-refractivity contribution < 1.29 is 19.1 Å². The third kappa shape index (κ3) is 4.91. The first-order valence-corrected chi connectivity index (χ1v) is 11.9. The lowest BCUT2D eigenvalue weighted by atomic mass is 9.85. The van der Waals surface area contributed by atoms with E-state index >= 15 is 0 Å². The lowest BCUT2D eigenvalue weighted by Crippen LogP contribution is -2.17. The van der Waals surface area contributed by atoms with Gasteiger partial charge in [0.25, 0.3) is 0 Å². The number of carbonyl (C=O) groups is 1. The third-order valence-corrected chi connectivity index (χ3v) is 7.72. The molecular formula is C22H30N3O4P. The van der Waals surface area contributed by atoms with Gasteiger partial charge in [-0.05, 0) is 50.5 Å². The van der Waals surface area contributed by atoms with Crippen molar-refractivity contribution in [3.63, 3.8) is 0 Å². The van der Waals surface area contributed by atoms with Gasteiger partial charge in [-0.25, -0.2) is 0 Å². The second kappa shape index (κ2) is 8.88. The number of rotatable bonds is 6. The van der Waals surface area contributed by atoms with Gasteiger partial charge in [0.1, 0.15) is 0 Å². The quantitative estimate of drug-likeness (QED) is 0.460. The summed E-state index contributed by atoms with van der Waals surface area (Å²) in [6, 6.07) is 6.55. The van der Waals surface area contributed by atoms with Crippen LogP contribution in [-0.2, 0) is 21.6 Å². The van der Waals surface area contributed by atoms with E-state index in [4.69, 9.17) is 0 Å². The highest BCUT2D eigenvalue weighted by Crippen LogP contribution is 2.56. The number of benzene rings is 1. The van der Waals surface area contributed by atoms with Gasteiger partial charge in [0.05, 0.1) is 11.4 Å². The summed E-state index contributed by atoms with van der Waals surface area (Å²) in [5, 5.41) is 5.88. The first-order valence-electron chi connectivity index (χ1n) is 10.3. The normalized spacial score (nSPS) is 16.2. The van der Waals surface area contributed by atoms with Crippen LogP contribution in [0.3, 0.4) is 0 Å². The molecule has 0 unspecified atom stereocenters. The molecule has 1 aromatic heterocycles. The van der Waals surface area contributed by atoms with Gasteiger partial charge >= 0.3 is 7.60 Å². The molecule has 0 spiro atoms. The maximum Gasteiger partial charge on any atom is 0.335 e. The van der Waals surface area contributed by atoms with Crippen molar-refractivity contribution in [2.45, 2.75) is 57.0 Å². The van der Waals surface area contributed by atoms with Crippen LogP contribution in [-0.4, -0.2) is 25.5 Å². The van der Waals surface area contributed by atoms with Crippen LogP contribution < -0.4 is 5.32 Å². The summed E-state index contributed by atoms with van der Waals surface area (Å²) in [6.07, 6.45) is 11.2. The summed E-state index contributed by atoms with van der Waals surface area (Å²) in [6.45, 7) is 3.00. The Labute approximate surface area is 177 Å². The minimum atomic E-state index is -4.30. The van der Waals surface area contributed by atoms with E-state index in [1.165, 1.54) is 44.9 Å². The predicted molar refractivity (Wildman–Crippen MR) is 118 cm³/mol. The monoisotopic (exact) mass is 431 g/mol. The lowest BCUT2D eigenvalue weighted by molar-refractivity contribution is -0.111. The molecule has 1 saturated carbocycles. The third-order valence-electron chi connectivity index (χ3n) is 6.01. The molecule has 7 nitrogen and oxygen atoms in total. The number of nitrogens with zero attached hydrogens (tertiary/aromatic N) is 2. The Morgan fingerprint density at radius 1 is 1.20 bits per heavy atom. The maximum absolute atomic E-state index is 12.4. The first-order chi connectivity index (χ1) is 14.1. The van der Waals surface area contributed by atoms with Gasteiger partial charge in [0, 0.05) is 36.0 Å². The van der Waals surface area contributed by atoms with Gasteiger partial charge in [-0.1, -0.05) is 31.4 Å². The Morgan fingerprint density at radius 2 is 1.83 bits per heavy atom. The number of nitrogens with one attached hydrogen (secondary N) is 1. The van der Waals surface area contributed by atoms with Gasteiger partial charge in [0.15, 0.2) is 0 Å². The summed E-state index contributed by atoms with van der Waals surface area (Å²) in [5.41, 5.74) is 3.23. The molecule has 0 radical (unpaired) electrons. The fourth-order valence-corrected chi connectivity index (χ4v) is 4.43. The minimum absolute atomic E-state index is 0.268. The van der Waals surface area contributed by atoms with E-state index in [1.54, 1.807) is 36.5 Å². The van der Waals surface area contributed by atoms with Gasteiger partial charge in [-0.2, -0.15) is 5.10 Å². The minimum Gasteiger partial charge on any atom is -0.324 e. The molecular weight excluding hydrogens is 401 g/mol. The zero-order valence-electron chi connectivity index (χ0n) is 17.7. The van der Waals surface area contributed by atoms with Gasteiger partial charge in [0.2, 0.25) is 5.91 Å². The Hall–Kier alpha value is -2.21. The standard InChI is InChI=1S/C22H30N3O4P/c1-22(2,30(27,28)29)18-10-12-19(13-11-18)24-20(26)14-9-17-15-23-25(3)21(17)16-7-5-4-6-8-16/h9-16H,4-8H2,1-3H3,(H,24,26)(H2,27,28,29). The molecule has 3 N–H and O–H groups in total. The van der Waals surface area contributed by atoms with Crippen molar-refractivity contribution in [1.29, 1.82) is 0 Å². The van der Waals surface area contributed by atoms with Crippen LogP contribution in [0, 0.1) is 0 Å². The largest absolute Gasteiger partial charge is 0.335 e. The highest BCUT2D eigenvalue weighted by Gasteiger charge is 2.39. The van der Waals surface area contributed by atoms with E-state index in [9.17, 15) is 19.1 Å². The summed E-state index contributed by atoms with van der Waals surface area (Å²) in [7, 11) is -2.35. The van der Waals surface area contributed by atoms with Crippen molar-refractivity contribution in [2.24, 2.45) is 7.05 Å². The molecule has 0 saturated heterocycles. The summed E-state index contributed by atoms with van der Waals surface area (Å²) in [4.78, 5) is 31.4. The second-order valence-electron chi connectivity index (χ2n) is 8.45. The maximum atomic E-state index is 12.4. The Kier molecular flexibility index (Phi) is 6.65. The van der Waals surface area contributed by atoms with Crippen LogP contribution in [0.4, 0.5) is 5.69 Å². The van der Waals surface area contributed by atoms with Crippen LogP contribution in [0.1, 0.15) is 68.7 Å². The molecule has 1 amide bonds.